The molecular formula is C7H16N2O. The number of piperidine rings is 1. The number of aliphatic hydroxyl groups excluding tert-OH is 1. The molecule has 3 heteroatoms. The second-order valence-electron chi connectivity index (χ2n) is 3.34. The first-order valence-corrected chi connectivity index (χ1v) is 3.83. The molecule has 1 fully saturated rings. The number of nitrogens with two attached hydrogens (primary N) is 1. The molecule has 0 amide bonds. The molecule has 3 nitrogen and oxygen atoms in total. The molecule has 3 N–H and O–H groups in total. The standard InChI is InChI=1S/C7H16N2O/c1-6-2-7(5-10)4-9(8)3-6/h6-7,10H,2-5,8H2,1H3/t6-,7+/m0/s1. The Kier molecular flexibility index (Phi) is 2.65. The van der Waals surface area contributed by atoms with E-state index in [2.05, 4.69) is 6.92 Å². The summed E-state index contributed by atoms with van der Waals surface area (Å²) in [4.78, 5) is 0. The van der Waals surface area contributed by atoms with Gasteiger partial charge in [0.25, 0.3) is 0 Å². The largest absolute Gasteiger partial charge is 0.396 e. The van der Waals surface area contributed by atoms with Crippen molar-refractivity contribution in [2.24, 2.45) is 17.7 Å². The number of aliphatic hydroxyl groups is 1. The molecule has 10 heavy (non-hydrogen) atoms. The van der Waals surface area contributed by atoms with Crippen LogP contribution in [0.15, 0.2) is 0 Å². The SMILES string of the molecule is C[C@H]1C[C@@H](CO)CN(N)C1. The lowest BCUT2D eigenvalue weighted by molar-refractivity contribution is 0.0909. The van der Waals surface area contributed by atoms with Gasteiger partial charge in [-0.3, -0.25) is 5.84 Å². The van der Waals surface area contributed by atoms with Crippen molar-refractivity contribution >= 4 is 0 Å². The average molecular weight is 144 g/mol. The molecule has 0 spiro atoms. The summed E-state index contributed by atoms with van der Waals surface area (Å²) in [6.45, 7) is 4.26. The molecule has 0 aromatic rings. The zero-order chi connectivity index (χ0) is 7.56. The van der Waals surface area contributed by atoms with Gasteiger partial charge in [-0.15, -0.1) is 0 Å². The van der Waals surface area contributed by atoms with Crippen molar-refractivity contribution in [3.05, 3.63) is 0 Å². The third kappa shape index (κ3) is 1.94. The highest BCUT2D eigenvalue weighted by atomic mass is 16.3. The van der Waals surface area contributed by atoms with Crippen LogP contribution in [0.2, 0.25) is 0 Å². The Morgan fingerprint density at radius 3 is 2.80 bits per heavy atom. The van der Waals surface area contributed by atoms with Gasteiger partial charge in [0, 0.05) is 19.7 Å². The van der Waals surface area contributed by atoms with E-state index in [9.17, 15) is 0 Å². The summed E-state index contributed by atoms with van der Waals surface area (Å²) in [5, 5.41) is 10.6. The minimum atomic E-state index is 0.276. The van der Waals surface area contributed by atoms with Crippen LogP contribution >= 0.6 is 0 Å². The highest BCUT2D eigenvalue weighted by Crippen LogP contribution is 2.18. The average Bonchev–Trinajstić information content (AvgIpc) is 1.85. The number of nitrogens with zero attached hydrogens (tertiary/aromatic N) is 1. The molecule has 0 aromatic carbocycles. The van der Waals surface area contributed by atoms with Gasteiger partial charge in [0.1, 0.15) is 0 Å². The van der Waals surface area contributed by atoms with Crippen molar-refractivity contribution in [1.29, 1.82) is 0 Å². The molecule has 1 rings (SSSR count). The molecule has 0 unspecified atom stereocenters. The van der Waals surface area contributed by atoms with E-state index in [4.69, 9.17) is 10.9 Å². The van der Waals surface area contributed by atoms with Crippen molar-refractivity contribution < 1.29 is 5.11 Å². The molecular weight excluding hydrogens is 128 g/mol. The van der Waals surface area contributed by atoms with Gasteiger partial charge in [0.2, 0.25) is 0 Å². The molecule has 0 aliphatic carbocycles. The van der Waals surface area contributed by atoms with Gasteiger partial charge in [0.05, 0.1) is 0 Å². The minimum Gasteiger partial charge on any atom is -0.396 e. The first-order chi connectivity index (χ1) is 4.72. The van der Waals surface area contributed by atoms with E-state index in [0.29, 0.717) is 11.8 Å². The molecule has 0 bridgehead atoms. The summed E-state index contributed by atoms with van der Waals surface area (Å²) in [6, 6.07) is 0. The van der Waals surface area contributed by atoms with Crippen LogP contribution in [0.3, 0.4) is 0 Å². The fourth-order valence-electron chi connectivity index (χ4n) is 1.66. The van der Waals surface area contributed by atoms with E-state index in [1.54, 1.807) is 5.01 Å². The molecule has 1 aliphatic rings. The van der Waals surface area contributed by atoms with Crippen LogP contribution in [0.25, 0.3) is 0 Å². The second-order valence-corrected chi connectivity index (χ2v) is 3.34. The molecule has 1 saturated heterocycles. The Balaban J connectivity index is 2.35. The van der Waals surface area contributed by atoms with Crippen molar-refractivity contribution in [2.75, 3.05) is 19.7 Å². The lowest BCUT2D eigenvalue weighted by atomic mass is 9.92. The van der Waals surface area contributed by atoms with E-state index >= 15 is 0 Å². The molecule has 1 aliphatic heterocycles. The van der Waals surface area contributed by atoms with Gasteiger partial charge < -0.3 is 5.11 Å². The van der Waals surface area contributed by atoms with Gasteiger partial charge in [-0.25, -0.2) is 5.01 Å². The number of rotatable bonds is 1. The maximum atomic E-state index is 8.84. The van der Waals surface area contributed by atoms with Crippen LogP contribution in [0.1, 0.15) is 13.3 Å². The van der Waals surface area contributed by atoms with E-state index in [1.807, 2.05) is 0 Å². The van der Waals surface area contributed by atoms with Gasteiger partial charge in [-0.05, 0) is 18.3 Å². The Morgan fingerprint density at radius 2 is 2.30 bits per heavy atom. The second kappa shape index (κ2) is 3.32. The van der Waals surface area contributed by atoms with Gasteiger partial charge in [-0.1, -0.05) is 6.92 Å². The number of hydrazine groups is 1. The highest BCUT2D eigenvalue weighted by Gasteiger charge is 2.21. The Hall–Kier alpha value is -0.120. The molecule has 60 valence electrons. The molecule has 0 saturated carbocycles. The van der Waals surface area contributed by atoms with Gasteiger partial charge in [0.15, 0.2) is 0 Å². The first kappa shape index (κ1) is 7.98. The van der Waals surface area contributed by atoms with Crippen LogP contribution in [-0.4, -0.2) is 29.8 Å². The van der Waals surface area contributed by atoms with E-state index in [-0.39, 0.29) is 6.61 Å². The predicted molar refractivity (Wildman–Crippen MR) is 40.1 cm³/mol. The van der Waals surface area contributed by atoms with Crippen molar-refractivity contribution in [2.45, 2.75) is 13.3 Å². The van der Waals surface area contributed by atoms with Crippen molar-refractivity contribution in [3.63, 3.8) is 0 Å². The van der Waals surface area contributed by atoms with Crippen LogP contribution in [0, 0.1) is 11.8 Å². The van der Waals surface area contributed by atoms with Crippen LogP contribution in [-0.2, 0) is 0 Å². The summed E-state index contributed by atoms with van der Waals surface area (Å²) < 4.78 is 0. The van der Waals surface area contributed by atoms with E-state index in [1.165, 1.54) is 0 Å². The molecule has 1 heterocycles. The zero-order valence-electron chi connectivity index (χ0n) is 6.45. The minimum absolute atomic E-state index is 0.276. The zero-order valence-corrected chi connectivity index (χ0v) is 6.45. The first-order valence-electron chi connectivity index (χ1n) is 3.83. The lowest BCUT2D eigenvalue weighted by Crippen LogP contribution is -2.44. The maximum absolute atomic E-state index is 8.84. The normalized spacial score (nSPS) is 36.3. The monoisotopic (exact) mass is 144 g/mol. The smallest absolute Gasteiger partial charge is 0.0472 e. The van der Waals surface area contributed by atoms with Gasteiger partial charge >= 0.3 is 0 Å². The molecule has 2 atom stereocenters. The van der Waals surface area contributed by atoms with Crippen LogP contribution in [0.5, 0.6) is 0 Å². The fraction of sp³-hybridized carbons (Fsp3) is 1.00. The van der Waals surface area contributed by atoms with E-state index < -0.39 is 0 Å². The summed E-state index contributed by atoms with van der Waals surface area (Å²) >= 11 is 0. The fourth-order valence-corrected chi connectivity index (χ4v) is 1.66. The Bertz CT molecular complexity index is 97.8. The van der Waals surface area contributed by atoms with Gasteiger partial charge in [-0.2, -0.15) is 0 Å². The Labute approximate surface area is 61.8 Å². The third-order valence-electron chi connectivity index (χ3n) is 2.03. The number of hydrogen-bond acceptors (Lipinski definition) is 3. The lowest BCUT2D eigenvalue weighted by Gasteiger charge is -2.32. The topological polar surface area (TPSA) is 49.5 Å². The quantitative estimate of drug-likeness (QED) is 0.501. The van der Waals surface area contributed by atoms with Crippen LogP contribution in [0.4, 0.5) is 0 Å². The summed E-state index contributed by atoms with van der Waals surface area (Å²) in [6.07, 6.45) is 1.12. The van der Waals surface area contributed by atoms with Crippen molar-refractivity contribution in [3.8, 4) is 0 Å². The van der Waals surface area contributed by atoms with Crippen LogP contribution < -0.4 is 5.84 Å². The summed E-state index contributed by atoms with van der Waals surface area (Å²) in [5.41, 5.74) is 0. The van der Waals surface area contributed by atoms with E-state index in [0.717, 1.165) is 19.5 Å². The maximum Gasteiger partial charge on any atom is 0.0472 e. The summed E-state index contributed by atoms with van der Waals surface area (Å²) in [5.74, 6) is 6.65. The molecule has 0 aromatic heterocycles. The predicted octanol–water partition coefficient (Wildman–Crippen LogP) is -0.190. The molecule has 0 radical (unpaired) electrons. The summed E-state index contributed by atoms with van der Waals surface area (Å²) in [7, 11) is 0. The highest BCUT2D eigenvalue weighted by molar-refractivity contribution is 4.73. The van der Waals surface area contributed by atoms with Crippen molar-refractivity contribution in [1.82, 2.24) is 5.01 Å². The Morgan fingerprint density at radius 1 is 1.60 bits per heavy atom. The number of hydrogen-bond donors (Lipinski definition) is 2. The third-order valence-corrected chi connectivity index (χ3v) is 2.03.